The molecule has 0 unspecified atom stereocenters. The Morgan fingerprint density at radius 3 is 2.95 bits per heavy atom. The number of pyridine rings is 1. The molecule has 0 radical (unpaired) electrons. The molecule has 106 valence electrons. The standard InChI is InChI=1S/C15H13N3O2S/c1-20-15(19)13-11(5-9-21-13)10-18-8-7-17-14(18)12-4-2-3-6-16-12/h2-9H,10H2,1H3. The van der Waals surface area contributed by atoms with Crippen molar-refractivity contribution < 1.29 is 9.53 Å². The topological polar surface area (TPSA) is 57.0 Å². The van der Waals surface area contributed by atoms with Gasteiger partial charge in [-0.15, -0.1) is 11.3 Å². The lowest BCUT2D eigenvalue weighted by molar-refractivity contribution is 0.0605. The Labute approximate surface area is 125 Å². The fourth-order valence-corrected chi connectivity index (χ4v) is 2.91. The lowest BCUT2D eigenvalue weighted by Gasteiger charge is -2.07. The summed E-state index contributed by atoms with van der Waals surface area (Å²) in [6.45, 7) is 0.555. The number of thiophene rings is 1. The van der Waals surface area contributed by atoms with Crippen molar-refractivity contribution in [3.8, 4) is 11.5 Å². The Morgan fingerprint density at radius 2 is 2.19 bits per heavy atom. The summed E-state index contributed by atoms with van der Waals surface area (Å²) >= 11 is 1.38. The van der Waals surface area contributed by atoms with E-state index in [-0.39, 0.29) is 5.97 Å². The highest BCUT2D eigenvalue weighted by Crippen LogP contribution is 2.21. The van der Waals surface area contributed by atoms with E-state index in [4.69, 9.17) is 4.74 Å². The molecule has 0 aliphatic carbocycles. The molecule has 0 bridgehead atoms. The maximum atomic E-state index is 11.7. The number of aromatic nitrogens is 3. The average molecular weight is 299 g/mol. The number of imidazole rings is 1. The molecule has 0 saturated heterocycles. The summed E-state index contributed by atoms with van der Waals surface area (Å²) in [7, 11) is 1.39. The molecule has 5 nitrogen and oxygen atoms in total. The molecule has 6 heteroatoms. The summed E-state index contributed by atoms with van der Waals surface area (Å²) < 4.78 is 6.77. The SMILES string of the molecule is COC(=O)c1sccc1Cn1ccnc1-c1ccccn1. The number of esters is 1. The van der Waals surface area contributed by atoms with Crippen LogP contribution in [0.3, 0.4) is 0 Å². The van der Waals surface area contributed by atoms with Crippen LogP contribution in [0.25, 0.3) is 11.5 Å². The lowest BCUT2D eigenvalue weighted by atomic mass is 10.2. The van der Waals surface area contributed by atoms with Gasteiger partial charge in [0.15, 0.2) is 5.82 Å². The van der Waals surface area contributed by atoms with Gasteiger partial charge >= 0.3 is 5.97 Å². The minimum Gasteiger partial charge on any atom is -0.465 e. The van der Waals surface area contributed by atoms with E-state index in [0.29, 0.717) is 11.4 Å². The van der Waals surface area contributed by atoms with Crippen molar-refractivity contribution in [1.82, 2.24) is 14.5 Å². The Hall–Kier alpha value is -2.47. The molecule has 3 heterocycles. The molecule has 21 heavy (non-hydrogen) atoms. The Kier molecular flexibility index (Phi) is 3.79. The van der Waals surface area contributed by atoms with E-state index in [1.165, 1.54) is 18.4 Å². The minimum atomic E-state index is -0.306. The summed E-state index contributed by atoms with van der Waals surface area (Å²) in [5.74, 6) is 0.470. The number of rotatable bonds is 4. The van der Waals surface area contributed by atoms with Gasteiger partial charge in [0.25, 0.3) is 0 Å². The first-order chi connectivity index (χ1) is 10.3. The normalized spacial score (nSPS) is 10.5. The van der Waals surface area contributed by atoms with E-state index >= 15 is 0 Å². The first-order valence-electron chi connectivity index (χ1n) is 6.37. The highest BCUT2D eigenvalue weighted by molar-refractivity contribution is 7.12. The fourth-order valence-electron chi connectivity index (χ4n) is 2.08. The molecule has 0 amide bonds. The van der Waals surface area contributed by atoms with Gasteiger partial charge < -0.3 is 9.30 Å². The van der Waals surface area contributed by atoms with Gasteiger partial charge in [0.1, 0.15) is 10.6 Å². The Balaban J connectivity index is 1.92. The lowest BCUT2D eigenvalue weighted by Crippen LogP contribution is -2.07. The first kappa shape index (κ1) is 13.5. The third-order valence-corrected chi connectivity index (χ3v) is 4.00. The fraction of sp³-hybridized carbons (Fsp3) is 0.133. The second-order valence-electron chi connectivity index (χ2n) is 4.36. The van der Waals surface area contributed by atoms with Crippen molar-refractivity contribution in [2.75, 3.05) is 7.11 Å². The molecule has 3 aromatic rings. The third kappa shape index (κ3) is 2.71. The van der Waals surface area contributed by atoms with Gasteiger partial charge in [-0.1, -0.05) is 6.07 Å². The van der Waals surface area contributed by atoms with E-state index in [9.17, 15) is 4.79 Å². The van der Waals surface area contributed by atoms with Crippen molar-refractivity contribution in [2.24, 2.45) is 0 Å². The summed E-state index contributed by atoms with van der Waals surface area (Å²) in [6, 6.07) is 7.63. The van der Waals surface area contributed by atoms with Gasteiger partial charge in [-0.2, -0.15) is 0 Å². The number of nitrogens with zero attached hydrogens (tertiary/aromatic N) is 3. The smallest absolute Gasteiger partial charge is 0.348 e. The number of carbonyl (C=O) groups is 1. The van der Waals surface area contributed by atoms with Crippen LogP contribution in [-0.2, 0) is 11.3 Å². The van der Waals surface area contributed by atoms with Gasteiger partial charge in [-0.25, -0.2) is 9.78 Å². The van der Waals surface area contributed by atoms with E-state index < -0.39 is 0 Å². The zero-order valence-electron chi connectivity index (χ0n) is 11.4. The van der Waals surface area contributed by atoms with Crippen molar-refractivity contribution in [2.45, 2.75) is 6.54 Å². The van der Waals surface area contributed by atoms with Gasteiger partial charge in [-0.3, -0.25) is 4.98 Å². The summed E-state index contributed by atoms with van der Waals surface area (Å²) in [5, 5.41) is 1.89. The number of ether oxygens (including phenoxy) is 1. The maximum Gasteiger partial charge on any atom is 0.348 e. The zero-order valence-corrected chi connectivity index (χ0v) is 12.2. The van der Waals surface area contributed by atoms with E-state index in [1.807, 2.05) is 40.4 Å². The van der Waals surface area contributed by atoms with E-state index in [0.717, 1.165) is 17.1 Å². The van der Waals surface area contributed by atoms with E-state index in [2.05, 4.69) is 9.97 Å². The van der Waals surface area contributed by atoms with Crippen LogP contribution in [0.15, 0.2) is 48.2 Å². The van der Waals surface area contributed by atoms with Gasteiger partial charge in [0.05, 0.1) is 13.7 Å². The summed E-state index contributed by atoms with van der Waals surface area (Å²) in [6.07, 6.45) is 5.34. The molecule has 0 aliphatic heterocycles. The zero-order chi connectivity index (χ0) is 14.7. The molecule has 0 atom stereocenters. The average Bonchev–Trinajstić information content (AvgIpc) is 3.17. The highest BCUT2D eigenvalue weighted by Gasteiger charge is 2.15. The van der Waals surface area contributed by atoms with Gasteiger partial charge in [-0.05, 0) is 29.1 Å². The monoisotopic (exact) mass is 299 g/mol. The summed E-state index contributed by atoms with van der Waals surface area (Å²) in [5.41, 5.74) is 1.72. The van der Waals surface area contributed by atoms with Crippen LogP contribution in [0.1, 0.15) is 15.2 Å². The van der Waals surface area contributed by atoms with Crippen LogP contribution in [-0.4, -0.2) is 27.6 Å². The molecule has 0 aliphatic rings. The molecule has 3 rings (SSSR count). The molecule has 0 spiro atoms. The predicted molar refractivity (Wildman–Crippen MR) is 80.2 cm³/mol. The maximum absolute atomic E-state index is 11.7. The number of carbonyl (C=O) groups excluding carboxylic acids is 1. The Morgan fingerprint density at radius 1 is 1.29 bits per heavy atom. The molecule has 0 saturated carbocycles. The quantitative estimate of drug-likeness (QED) is 0.695. The van der Waals surface area contributed by atoms with Crippen LogP contribution >= 0.6 is 11.3 Å². The van der Waals surface area contributed by atoms with E-state index in [1.54, 1.807) is 12.4 Å². The second-order valence-corrected chi connectivity index (χ2v) is 5.28. The number of hydrogen-bond acceptors (Lipinski definition) is 5. The van der Waals surface area contributed by atoms with Crippen LogP contribution in [0, 0.1) is 0 Å². The molecule has 0 aromatic carbocycles. The van der Waals surface area contributed by atoms with Crippen molar-refractivity contribution in [3.63, 3.8) is 0 Å². The molecule has 0 fully saturated rings. The number of hydrogen-bond donors (Lipinski definition) is 0. The van der Waals surface area contributed by atoms with Crippen molar-refractivity contribution in [1.29, 1.82) is 0 Å². The Bertz CT molecular complexity index is 749. The third-order valence-electron chi connectivity index (χ3n) is 3.07. The van der Waals surface area contributed by atoms with Gasteiger partial charge in [0.2, 0.25) is 0 Å². The number of methoxy groups -OCH3 is 1. The van der Waals surface area contributed by atoms with Crippen molar-refractivity contribution >= 4 is 17.3 Å². The molecule has 3 aromatic heterocycles. The minimum absolute atomic E-state index is 0.306. The van der Waals surface area contributed by atoms with Gasteiger partial charge in [0, 0.05) is 18.6 Å². The van der Waals surface area contributed by atoms with Crippen molar-refractivity contribution in [3.05, 3.63) is 58.7 Å². The highest BCUT2D eigenvalue weighted by atomic mass is 32.1. The van der Waals surface area contributed by atoms with Crippen LogP contribution in [0.5, 0.6) is 0 Å². The molecule has 0 N–H and O–H groups in total. The van der Waals surface area contributed by atoms with Crippen LogP contribution in [0.4, 0.5) is 0 Å². The largest absolute Gasteiger partial charge is 0.465 e. The van der Waals surface area contributed by atoms with Crippen LogP contribution < -0.4 is 0 Å². The second kappa shape index (κ2) is 5.88. The van der Waals surface area contributed by atoms with Crippen LogP contribution in [0.2, 0.25) is 0 Å². The first-order valence-corrected chi connectivity index (χ1v) is 7.25. The molecular formula is C15H13N3O2S. The molecular weight excluding hydrogens is 286 g/mol. The summed E-state index contributed by atoms with van der Waals surface area (Å²) in [4.78, 5) is 21.0. The predicted octanol–water partition coefficient (Wildman–Crippen LogP) is 2.84.